The number of halogens is 5. The zero-order valence-electron chi connectivity index (χ0n) is 9.33. The first-order valence-corrected chi connectivity index (χ1v) is 6.14. The molecule has 1 heterocycles. The van der Waals surface area contributed by atoms with Gasteiger partial charge in [-0.05, 0) is 18.2 Å². The van der Waals surface area contributed by atoms with E-state index in [2.05, 4.69) is 25.3 Å². The van der Waals surface area contributed by atoms with Crippen LogP contribution in [0, 0.1) is 0 Å². The molecule has 0 saturated heterocycles. The zero-order chi connectivity index (χ0) is 15.1. The van der Waals surface area contributed by atoms with Gasteiger partial charge in [0.25, 0.3) is 0 Å². The average Bonchev–Trinajstić information content (AvgIpc) is 2.77. The molecular formula is C11H4BrClF3NO3. The molecular weight excluding hydrogens is 366 g/mol. The largest absolute Gasteiger partial charge is 0.475 e. The summed E-state index contributed by atoms with van der Waals surface area (Å²) in [6, 6.07) is 4.36. The number of aromatic carboxylic acids is 1. The van der Waals surface area contributed by atoms with Crippen LogP contribution < -0.4 is 0 Å². The summed E-state index contributed by atoms with van der Waals surface area (Å²) in [5.41, 5.74) is -1.55. The van der Waals surface area contributed by atoms with Crippen LogP contribution in [0.3, 0.4) is 0 Å². The van der Waals surface area contributed by atoms with Crippen LogP contribution in [0.15, 0.2) is 27.1 Å². The lowest BCUT2D eigenvalue weighted by atomic mass is 10.2. The maximum Gasteiger partial charge on any atom is 0.437 e. The topological polar surface area (TPSA) is 63.3 Å². The third kappa shape index (κ3) is 2.80. The summed E-state index contributed by atoms with van der Waals surface area (Å²) in [7, 11) is 0. The Bertz CT molecular complexity index is 684. The molecule has 1 N–H and O–H groups in total. The van der Waals surface area contributed by atoms with Gasteiger partial charge in [-0.3, -0.25) is 0 Å². The normalized spacial score (nSPS) is 11.7. The van der Waals surface area contributed by atoms with Crippen molar-refractivity contribution in [2.45, 2.75) is 6.18 Å². The molecule has 0 spiro atoms. The zero-order valence-corrected chi connectivity index (χ0v) is 11.7. The summed E-state index contributed by atoms with van der Waals surface area (Å²) in [6.07, 6.45) is -4.94. The van der Waals surface area contributed by atoms with Gasteiger partial charge in [-0.15, -0.1) is 0 Å². The molecule has 0 bridgehead atoms. The predicted octanol–water partition coefficient (Wildman–Crippen LogP) is 4.47. The lowest BCUT2D eigenvalue weighted by molar-refractivity contribution is -0.141. The molecule has 0 aliphatic heterocycles. The third-order valence-electron chi connectivity index (χ3n) is 2.25. The molecule has 0 unspecified atom stereocenters. The lowest BCUT2D eigenvalue weighted by Gasteiger charge is -2.01. The van der Waals surface area contributed by atoms with E-state index in [1.807, 2.05) is 0 Å². The van der Waals surface area contributed by atoms with Gasteiger partial charge < -0.3 is 9.52 Å². The van der Waals surface area contributed by atoms with Crippen molar-refractivity contribution >= 4 is 33.5 Å². The van der Waals surface area contributed by atoms with E-state index in [0.717, 1.165) is 0 Å². The van der Waals surface area contributed by atoms with Crippen LogP contribution in [-0.4, -0.2) is 16.1 Å². The van der Waals surface area contributed by atoms with Gasteiger partial charge >= 0.3 is 12.1 Å². The summed E-state index contributed by atoms with van der Waals surface area (Å²) in [5, 5.41) is 8.82. The van der Waals surface area contributed by atoms with Crippen LogP contribution in [0.4, 0.5) is 13.2 Å². The van der Waals surface area contributed by atoms with Crippen LogP contribution in [0.5, 0.6) is 0 Å². The Labute approximate surface area is 123 Å². The number of hydrogen-bond donors (Lipinski definition) is 1. The first-order valence-electron chi connectivity index (χ1n) is 4.97. The molecule has 2 rings (SSSR count). The smallest absolute Gasteiger partial charge is 0.437 e. The summed E-state index contributed by atoms with van der Waals surface area (Å²) in [4.78, 5) is 14.0. The summed E-state index contributed by atoms with van der Waals surface area (Å²) in [5.74, 6) is -3.65. The van der Waals surface area contributed by atoms with Crippen LogP contribution in [-0.2, 0) is 6.18 Å². The number of carbonyl (C=O) groups is 1. The number of carboxylic acid groups (broad SMARTS) is 1. The number of nitrogens with zero attached hydrogens (tertiary/aromatic N) is 1. The van der Waals surface area contributed by atoms with E-state index in [-0.39, 0.29) is 10.6 Å². The Kier molecular flexibility index (Phi) is 3.79. The van der Waals surface area contributed by atoms with Crippen molar-refractivity contribution in [1.82, 2.24) is 4.98 Å². The molecule has 2 aromatic rings. The molecule has 0 aliphatic rings. The quantitative estimate of drug-likeness (QED) is 0.847. The maximum absolute atomic E-state index is 12.7. The number of benzene rings is 1. The molecule has 0 radical (unpaired) electrons. The summed E-state index contributed by atoms with van der Waals surface area (Å²) < 4.78 is 43.3. The van der Waals surface area contributed by atoms with Gasteiger partial charge in [0.2, 0.25) is 11.7 Å². The Morgan fingerprint density at radius 2 is 2.05 bits per heavy atom. The van der Waals surface area contributed by atoms with E-state index in [0.29, 0.717) is 4.47 Å². The van der Waals surface area contributed by atoms with E-state index in [1.165, 1.54) is 12.1 Å². The fraction of sp³-hybridized carbons (Fsp3) is 0.0909. The molecule has 0 saturated carbocycles. The van der Waals surface area contributed by atoms with Gasteiger partial charge in [0.05, 0.1) is 10.6 Å². The minimum Gasteiger partial charge on any atom is -0.475 e. The number of oxazole rings is 1. The van der Waals surface area contributed by atoms with Crippen molar-refractivity contribution in [3.8, 4) is 11.5 Å². The van der Waals surface area contributed by atoms with Gasteiger partial charge in [0, 0.05) is 4.47 Å². The van der Waals surface area contributed by atoms with Gasteiger partial charge in [-0.1, -0.05) is 27.5 Å². The molecule has 20 heavy (non-hydrogen) atoms. The highest BCUT2D eigenvalue weighted by Crippen LogP contribution is 2.37. The van der Waals surface area contributed by atoms with Crippen LogP contribution >= 0.6 is 27.5 Å². The number of alkyl halides is 3. The molecule has 106 valence electrons. The van der Waals surface area contributed by atoms with E-state index in [9.17, 15) is 18.0 Å². The van der Waals surface area contributed by atoms with E-state index >= 15 is 0 Å². The fourth-order valence-corrected chi connectivity index (χ4v) is 1.99. The maximum atomic E-state index is 12.7. The molecule has 1 aromatic carbocycles. The van der Waals surface area contributed by atoms with Crippen molar-refractivity contribution < 1.29 is 27.5 Å². The monoisotopic (exact) mass is 369 g/mol. The summed E-state index contributed by atoms with van der Waals surface area (Å²) >= 11 is 8.96. The molecule has 0 amide bonds. The highest BCUT2D eigenvalue weighted by atomic mass is 79.9. The van der Waals surface area contributed by atoms with E-state index < -0.39 is 29.5 Å². The Balaban J connectivity index is 2.65. The van der Waals surface area contributed by atoms with Crippen LogP contribution in [0.25, 0.3) is 11.5 Å². The highest BCUT2D eigenvalue weighted by molar-refractivity contribution is 9.10. The number of hydrogen-bond acceptors (Lipinski definition) is 3. The second-order valence-corrected chi connectivity index (χ2v) is 4.95. The molecule has 4 nitrogen and oxygen atoms in total. The minimum atomic E-state index is -4.94. The van der Waals surface area contributed by atoms with Crippen molar-refractivity contribution in [3.63, 3.8) is 0 Å². The van der Waals surface area contributed by atoms with Crippen molar-refractivity contribution in [2.24, 2.45) is 0 Å². The number of rotatable bonds is 2. The molecule has 9 heteroatoms. The standard InChI is InChI=1S/C11H4BrClF3NO3/c12-4-1-2-6(13)5(3-4)9-17-8(11(14,15)16)7(20-9)10(18)19/h1-3H,(H,18,19). The van der Waals surface area contributed by atoms with Gasteiger partial charge in [0.1, 0.15) is 0 Å². The van der Waals surface area contributed by atoms with Gasteiger partial charge in [-0.25, -0.2) is 9.78 Å². The number of aromatic nitrogens is 1. The van der Waals surface area contributed by atoms with Crippen LogP contribution in [0.1, 0.15) is 16.2 Å². The molecule has 0 aliphatic carbocycles. The average molecular weight is 371 g/mol. The highest BCUT2D eigenvalue weighted by Gasteiger charge is 2.41. The first-order chi connectivity index (χ1) is 9.20. The SMILES string of the molecule is O=C(O)c1oc(-c2cc(Br)ccc2Cl)nc1C(F)(F)F. The Morgan fingerprint density at radius 3 is 2.55 bits per heavy atom. The molecule has 0 atom stereocenters. The van der Waals surface area contributed by atoms with Crippen LogP contribution in [0.2, 0.25) is 5.02 Å². The Hall–Kier alpha value is -1.54. The second kappa shape index (κ2) is 5.10. The van der Waals surface area contributed by atoms with Gasteiger partial charge in [-0.2, -0.15) is 13.2 Å². The fourth-order valence-electron chi connectivity index (χ4n) is 1.43. The Morgan fingerprint density at radius 1 is 1.40 bits per heavy atom. The number of carboxylic acids is 1. The summed E-state index contributed by atoms with van der Waals surface area (Å²) in [6.45, 7) is 0. The van der Waals surface area contributed by atoms with Crippen molar-refractivity contribution in [2.75, 3.05) is 0 Å². The lowest BCUT2D eigenvalue weighted by Crippen LogP contribution is -2.11. The molecule has 1 aromatic heterocycles. The third-order valence-corrected chi connectivity index (χ3v) is 3.07. The second-order valence-electron chi connectivity index (χ2n) is 3.62. The predicted molar refractivity (Wildman–Crippen MR) is 66.6 cm³/mol. The van der Waals surface area contributed by atoms with Crippen molar-refractivity contribution in [3.05, 3.63) is 39.1 Å². The molecule has 0 fully saturated rings. The van der Waals surface area contributed by atoms with E-state index in [1.54, 1.807) is 6.07 Å². The first kappa shape index (κ1) is 14.9. The van der Waals surface area contributed by atoms with Gasteiger partial charge in [0.15, 0.2) is 5.69 Å². The van der Waals surface area contributed by atoms with E-state index in [4.69, 9.17) is 16.7 Å². The minimum absolute atomic E-state index is 0.0547. The van der Waals surface area contributed by atoms with Crippen molar-refractivity contribution in [1.29, 1.82) is 0 Å².